The largest absolute Gasteiger partial charge is 0.389 e. The summed E-state index contributed by atoms with van der Waals surface area (Å²) in [7, 11) is 0. The maximum Gasteiger partial charge on any atom is 0.256 e. The Bertz CT molecular complexity index is 797. The van der Waals surface area contributed by atoms with E-state index in [0.717, 1.165) is 12.1 Å². The molecule has 2 atom stereocenters. The fraction of sp³-hybridized carbons (Fsp3) is 0.368. The molecule has 0 radical (unpaired) electrons. The number of nitrogens with one attached hydrogen (secondary N) is 1. The topological polar surface area (TPSA) is 85.6 Å². The van der Waals surface area contributed by atoms with Gasteiger partial charge >= 0.3 is 0 Å². The Hall–Kier alpha value is -2.24. The average molecular weight is 371 g/mol. The number of likely N-dealkylation sites (N-methyl/N-ethyl adjacent to an activating group) is 1. The van der Waals surface area contributed by atoms with E-state index in [1.54, 1.807) is 23.6 Å². The first-order valence-electron chi connectivity index (χ1n) is 8.50. The third-order valence-corrected chi connectivity index (χ3v) is 5.34. The van der Waals surface area contributed by atoms with Crippen LogP contribution in [0.3, 0.4) is 0 Å². The Balaban J connectivity index is 1.64. The Labute approximate surface area is 156 Å². The fourth-order valence-corrected chi connectivity index (χ4v) is 3.74. The number of aliphatic hydroxyl groups is 1. The number of hydrogen-bond donors (Lipinski definition) is 2. The number of amides is 1. The van der Waals surface area contributed by atoms with E-state index in [0.29, 0.717) is 35.9 Å². The molecule has 0 unspecified atom stereocenters. The molecule has 1 aromatic heterocycles. The van der Waals surface area contributed by atoms with Crippen molar-refractivity contribution >= 4 is 22.2 Å². The number of carbonyl (C=O) groups excluding carboxylic acids is 1. The quantitative estimate of drug-likeness (QED) is 0.815. The van der Waals surface area contributed by atoms with Crippen LogP contribution in [-0.4, -0.2) is 47.8 Å². The molecule has 1 amide bonds. The van der Waals surface area contributed by atoms with E-state index in [1.807, 2.05) is 12.1 Å². The molecule has 2 N–H and O–H groups in total. The van der Waals surface area contributed by atoms with Crippen LogP contribution in [0.2, 0.25) is 0 Å². The molecule has 1 fully saturated rings. The molecule has 0 saturated carbocycles. The zero-order chi connectivity index (χ0) is 18.5. The van der Waals surface area contributed by atoms with Gasteiger partial charge in [0.2, 0.25) is 0 Å². The predicted molar refractivity (Wildman–Crippen MR) is 100 cm³/mol. The summed E-state index contributed by atoms with van der Waals surface area (Å²) in [6.45, 7) is 4.47. The van der Waals surface area contributed by atoms with E-state index >= 15 is 0 Å². The lowest BCUT2D eigenvalue weighted by Crippen LogP contribution is -2.42. The van der Waals surface area contributed by atoms with Crippen molar-refractivity contribution in [2.45, 2.75) is 25.6 Å². The maximum atomic E-state index is 12.3. The summed E-state index contributed by atoms with van der Waals surface area (Å²) in [5.74, 6) is -0.234. The van der Waals surface area contributed by atoms with Gasteiger partial charge in [-0.1, -0.05) is 19.1 Å². The van der Waals surface area contributed by atoms with Gasteiger partial charge in [0.05, 0.1) is 30.9 Å². The van der Waals surface area contributed by atoms with Gasteiger partial charge in [-0.05, 0) is 35.7 Å². The fourth-order valence-electron chi connectivity index (χ4n) is 3.01. The molecule has 0 spiro atoms. The van der Waals surface area contributed by atoms with Gasteiger partial charge < -0.3 is 15.2 Å². The molecule has 2 aromatic rings. The maximum absolute atomic E-state index is 12.3. The van der Waals surface area contributed by atoms with Crippen molar-refractivity contribution in [2.75, 3.05) is 25.1 Å². The van der Waals surface area contributed by atoms with Gasteiger partial charge in [-0.15, -0.1) is 11.3 Å². The van der Waals surface area contributed by atoms with E-state index in [1.165, 1.54) is 11.3 Å². The molecule has 1 aliphatic heterocycles. The molecule has 1 saturated heterocycles. The van der Waals surface area contributed by atoms with Crippen molar-refractivity contribution in [2.24, 2.45) is 0 Å². The number of carbonyl (C=O) groups is 1. The molecular weight excluding hydrogens is 350 g/mol. The summed E-state index contributed by atoms with van der Waals surface area (Å²) in [6.07, 6.45) is -0.458. The van der Waals surface area contributed by atoms with Crippen LogP contribution in [0.15, 0.2) is 35.7 Å². The van der Waals surface area contributed by atoms with Crippen LogP contribution in [0.1, 0.15) is 28.4 Å². The number of nitrogens with zero attached hydrogens (tertiary/aromatic N) is 2. The lowest BCUT2D eigenvalue weighted by atomic mass is 10.1. The van der Waals surface area contributed by atoms with Gasteiger partial charge in [-0.2, -0.15) is 5.26 Å². The van der Waals surface area contributed by atoms with Gasteiger partial charge in [0.1, 0.15) is 11.1 Å². The van der Waals surface area contributed by atoms with E-state index in [2.05, 4.69) is 23.2 Å². The molecule has 7 heteroatoms. The monoisotopic (exact) mass is 371 g/mol. The summed E-state index contributed by atoms with van der Waals surface area (Å²) in [4.78, 5) is 14.5. The van der Waals surface area contributed by atoms with E-state index in [9.17, 15) is 9.90 Å². The zero-order valence-corrected chi connectivity index (χ0v) is 15.3. The molecule has 1 aliphatic rings. The molecule has 0 aliphatic carbocycles. The number of hydrogen-bond acceptors (Lipinski definition) is 6. The highest BCUT2D eigenvalue weighted by atomic mass is 32.1. The van der Waals surface area contributed by atoms with Crippen LogP contribution in [0.5, 0.6) is 0 Å². The smallest absolute Gasteiger partial charge is 0.256 e. The summed E-state index contributed by atoms with van der Waals surface area (Å²) in [5, 5.41) is 24.1. The Morgan fingerprint density at radius 3 is 2.77 bits per heavy atom. The second-order valence-corrected chi connectivity index (χ2v) is 7.08. The summed E-state index contributed by atoms with van der Waals surface area (Å²) in [5.41, 5.74) is 2.07. The SMILES string of the molecule is CCN(Cc1ccc(C(=O)Nc2sccc2C#N)cc1)[C@H]1COC[C@@H]1O. The number of ether oxygens (including phenoxy) is 1. The van der Waals surface area contributed by atoms with Crippen LogP contribution >= 0.6 is 11.3 Å². The van der Waals surface area contributed by atoms with Crippen LogP contribution in [0.25, 0.3) is 0 Å². The first-order valence-corrected chi connectivity index (χ1v) is 9.38. The van der Waals surface area contributed by atoms with Gasteiger partial charge in [-0.3, -0.25) is 9.69 Å². The van der Waals surface area contributed by atoms with Crippen molar-refractivity contribution < 1.29 is 14.6 Å². The first kappa shape index (κ1) is 18.5. The van der Waals surface area contributed by atoms with Crippen LogP contribution in [0.4, 0.5) is 5.00 Å². The minimum Gasteiger partial charge on any atom is -0.389 e. The predicted octanol–water partition coefficient (Wildman–Crippen LogP) is 2.45. The molecular formula is C19H21N3O3S. The molecule has 2 heterocycles. The normalized spacial score (nSPS) is 19.5. The Morgan fingerprint density at radius 2 is 2.15 bits per heavy atom. The number of rotatable bonds is 6. The van der Waals surface area contributed by atoms with E-state index < -0.39 is 6.10 Å². The molecule has 3 rings (SSSR count). The molecule has 0 bridgehead atoms. The van der Waals surface area contributed by atoms with E-state index in [-0.39, 0.29) is 11.9 Å². The highest BCUT2D eigenvalue weighted by molar-refractivity contribution is 7.14. The lowest BCUT2D eigenvalue weighted by molar-refractivity contribution is 0.0808. The van der Waals surface area contributed by atoms with Crippen LogP contribution in [-0.2, 0) is 11.3 Å². The average Bonchev–Trinajstić information content (AvgIpc) is 3.28. The molecule has 1 aromatic carbocycles. The van der Waals surface area contributed by atoms with Crippen molar-refractivity contribution in [1.29, 1.82) is 5.26 Å². The summed E-state index contributed by atoms with van der Waals surface area (Å²) >= 11 is 1.33. The standard InChI is InChI=1S/C19H21N3O3S/c1-2-22(16-11-25-12-17(16)23)10-13-3-5-14(6-4-13)18(24)21-19-15(9-20)7-8-26-19/h3-8,16-17,23H,2,10-12H2,1H3,(H,21,24)/t16-,17-/m0/s1. The number of anilines is 1. The van der Waals surface area contributed by atoms with Crippen LogP contribution in [0, 0.1) is 11.3 Å². The minimum atomic E-state index is -0.458. The Kier molecular flexibility index (Phi) is 6.01. The third-order valence-electron chi connectivity index (χ3n) is 4.51. The van der Waals surface area contributed by atoms with Crippen molar-refractivity contribution in [3.63, 3.8) is 0 Å². The van der Waals surface area contributed by atoms with Gasteiger partial charge in [0, 0.05) is 12.1 Å². The first-order chi connectivity index (χ1) is 12.6. The number of thiophene rings is 1. The van der Waals surface area contributed by atoms with Crippen LogP contribution < -0.4 is 5.32 Å². The van der Waals surface area contributed by atoms with Gasteiger partial charge in [-0.25, -0.2) is 0 Å². The zero-order valence-electron chi connectivity index (χ0n) is 14.5. The Morgan fingerprint density at radius 1 is 1.38 bits per heavy atom. The van der Waals surface area contributed by atoms with Crippen molar-refractivity contribution in [3.05, 3.63) is 52.4 Å². The van der Waals surface area contributed by atoms with Gasteiger partial charge in [0.15, 0.2) is 0 Å². The third kappa shape index (κ3) is 4.11. The second-order valence-electron chi connectivity index (χ2n) is 6.16. The summed E-state index contributed by atoms with van der Waals surface area (Å²) in [6, 6.07) is 11.1. The number of benzene rings is 1. The van der Waals surface area contributed by atoms with Crippen molar-refractivity contribution in [1.82, 2.24) is 4.90 Å². The minimum absolute atomic E-state index is 0.00575. The molecule has 26 heavy (non-hydrogen) atoms. The second kappa shape index (κ2) is 8.43. The summed E-state index contributed by atoms with van der Waals surface area (Å²) < 4.78 is 5.34. The molecule has 6 nitrogen and oxygen atoms in total. The number of aliphatic hydroxyl groups excluding tert-OH is 1. The van der Waals surface area contributed by atoms with Gasteiger partial charge in [0.25, 0.3) is 5.91 Å². The lowest BCUT2D eigenvalue weighted by Gasteiger charge is -2.28. The molecule has 136 valence electrons. The van der Waals surface area contributed by atoms with E-state index in [4.69, 9.17) is 10.00 Å². The number of nitriles is 1. The highest BCUT2D eigenvalue weighted by Gasteiger charge is 2.30. The van der Waals surface area contributed by atoms with Crippen molar-refractivity contribution in [3.8, 4) is 6.07 Å². The highest BCUT2D eigenvalue weighted by Crippen LogP contribution is 2.23.